The highest BCUT2D eigenvalue weighted by Gasteiger charge is 2.17. The average Bonchev–Trinajstić information content (AvgIpc) is 3.68. The number of hydrogen-bond donors (Lipinski definition) is 0. The number of nitrogens with zero attached hydrogens (tertiary/aromatic N) is 4. The van der Waals surface area contributed by atoms with E-state index in [9.17, 15) is 0 Å². The average molecular weight is 729 g/mol. The van der Waals surface area contributed by atoms with Gasteiger partial charge in [-0.25, -0.2) is 19.8 Å². The zero-order valence-corrected chi connectivity index (χ0v) is 30.7. The third kappa shape index (κ3) is 6.52. The van der Waals surface area contributed by atoms with Gasteiger partial charge >= 0.3 is 0 Å². The Hall–Kier alpha value is -7.94. The molecule has 2 heterocycles. The van der Waals surface area contributed by atoms with Crippen molar-refractivity contribution < 1.29 is 4.42 Å². The van der Waals surface area contributed by atoms with Crippen molar-refractivity contribution in [2.45, 2.75) is 0 Å². The summed E-state index contributed by atoms with van der Waals surface area (Å²) >= 11 is 0. The standard InChI is InChI=1S/C52H32N4O/c1-53-44-21-10-19-41(32-44)39-17-8-16-38(30-39)40-18-9-20-42(31-40)51-54-50(37-26-24-35(25-27-37)34-12-4-2-5-13-34)55-52(56-51)43-28-29-46-48(33-43)57-47-23-11-22-45(49(46)47)36-14-6-3-7-15-36/h2-33H. The van der Waals surface area contributed by atoms with Crippen LogP contribution in [0.25, 0.3) is 105 Å². The van der Waals surface area contributed by atoms with Crippen molar-refractivity contribution in [2.75, 3.05) is 0 Å². The maximum absolute atomic E-state index is 7.47. The summed E-state index contributed by atoms with van der Waals surface area (Å²) in [5, 5.41) is 2.12. The van der Waals surface area contributed by atoms with Gasteiger partial charge in [0.05, 0.1) is 6.57 Å². The van der Waals surface area contributed by atoms with Crippen molar-refractivity contribution in [1.82, 2.24) is 15.0 Å². The Morgan fingerprint density at radius 3 is 1.49 bits per heavy atom. The molecule has 0 radical (unpaired) electrons. The Kier molecular flexibility index (Phi) is 8.48. The second-order valence-electron chi connectivity index (χ2n) is 13.9. The fourth-order valence-corrected chi connectivity index (χ4v) is 7.50. The second-order valence-corrected chi connectivity index (χ2v) is 13.9. The Bertz CT molecular complexity index is 3130. The first-order chi connectivity index (χ1) is 28.2. The van der Waals surface area contributed by atoms with Crippen molar-refractivity contribution in [3.05, 3.63) is 206 Å². The van der Waals surface area contributed by atoms with Crippen LogP contribution in [0.2, 0.25) is 0 Å². The van der Waals surface area contributed by atoms with E-state index in [1.54, 1.807) is 0 Å². The molecule has 0 amide bonds. The van der Waals surface area contributed by atoms with E-state index in [0.717, 1.165) is 83.1 Å². The van der Waals surface area contributed by atoms with Crippen LogP contribution in [0.4, 0.5) is 5.69 Å². The maximum atomic E-state index is 7.47. The Morgan fingerprint density at radius 2 is 0.825 bits per heavy atom. The van der Waals surface area contributed by atoms with E-state index in [2.05, 4.69) is 120 Å². The number of rotatable bonds is 7. The van der Waals surface area contributed by atoms with Crippen molar-refractivity contribution >= 4 is 27.6 Å². The molecule has 57 heavy (non-hydrogen) atoms. The molecule has 0 bridgehead atoms. The molecular weight excluding hydrogens is 697 g/mol. The van der Waals surface area contributed by atoms with Crippen LogP contribution in [0.3, 0.4) is 0 Å². The predicted octanol–water partition coefficient (Wildman–Crippen LogP) is 14.0. The molecule has 2 aromatic heterocycles. The molecule has 0 saturated carbocycles. The molecule has 0 aliphatic rings. The summed E-state index contributed by atoms with van der Waals surface area (Å²) in [6.45, 7) is 7.47. The monoisotopic (exact) mass is 728 g/mol. The lowest BCUT2D eigenvalue weighted by Gasteiger charge is -2.11. The lowest BCUT2D eigenvalue weighted by atomic mass is 9.97. The van der Waals surface area contributed by atoms with Gasteiger partial charge in [0.25, 0.3) is 0 Å². The first-order valence-electron chi connectivity index (χ1n) is 18.8. The molecule has 0 fully saturated rings. The minimum atomic E-state index is 0.555. The first-order valence-corrected chi connectivity index (χ1v) is 18.8. The van der Waals surface area contributed by atoms with Crippen LogP contribution in [0.15, 0.2) is 199 Å². The van der Waals surface area contributed by atoms with Gasteiger partial charge in [-0.3, -0.25) is 0 Å². The third-order valence-electron chi connectivity index (χ3n) is 10.4. The second kappa shape index (κ2) is 14.4. The van der Waals surface area contributed by atoms with Gasteiger partial charge in [0.2, 0.25) is 0 Å². The molecule has 8 aromatic carbocycles. The van der Waals surface area contributed by atoms with Crippen molar-refractivity contribution in [3.63, 3.8) is 0 Å². The summed E-state index contributed by atoms with van der Waals surface area (Å²) in [7, 11) is 0. The van der Waals surface area contributed by atoms with Crippen LogP contribution in [0.1, 0.15) is 0 Å². The molecule has 0 atom stereocenters. The number of furan rings is 1. The third-order valence-corrected chi connectivity index (χ3v) is 10.4. The van der Waals surface area contributed by atoms with Gasteiger partial charge in [0.1, 0.15) is 11.2 Å². The Balaban J connectivity index is 1.09. The highest BCUT2D eigenvalue weighted by Crippen LogP contribution is 2.39. The molecule has 0 aliphatic heterocycles. The maximum Gasteiger partial charge on any atom is 0.187 e. The fourth-order valence-electron chi connectivity index (χ4n) is 7.50. The van der Waals surface area contributed by atoms with Crippen LogP contribution in [0.5, 0.6) is 0 Å². The van der Waals surface area contributed by atoms with Gasteiger partial charge < -0.3 is 4.42 Å². The molecule has 266 valence electrons. The lowest BCUT2D eigenvalue weighted by Crippen LogP contribution is -2.00. The Labute approximate surface area is 330 Å². The normalized spacial score (nSPS) is 11.1. The molecule has 0 unspecified atom stereocenters. The predicted molar refractivity (Wildman–Crippen MR) is 231 cm³/mol. The molecule has 10 rings (SSSR count). The summed E-state index contributed by atoms with van der Waals surface area (Å²) in [5.74, 6) is 1.71. The van der Waals surface area contributed by atoms with Crippen molar-refractivity contribution in [2.24, 2.45) is 0 Å². The molecule has 5 nitrogen and oxygen atoms in total. The number of fused-ring (bicyclic) bond motifs is 3. The van der Waals surface area contributed by atoms with Gasteiger partial charge in [-0.15, -0.1) is 0 Å². The molecule has 10 aromatic rings. The van der Waals surface area contributed by atoms with E-state index in [1.807, 2.05) is 78.9 Å². The summed E-state index contributed by atoms with van der Waals surface area (Å²) in [5.41, 5.74) is 13.5. The van der Waals surface area contributed by atoms with E-state index < -0.39 is 0 Å². The molecule has 5 heteroatoms. The summed E-state index contributed by atoms with van der Waals surface area (Å²) < 4.78 is 6.50. The van der Waals surface area contributed by atoms with Crippen molar-refractivity contribution in [3.8, 4) is 78.7 Å². The minimum absolute atomic E-state index is 0.555. The smallest absolute Gasteiger partial charge is 0.187 e. The zero-order chi connectivity index (χ0) is 38.1. The number of aromatic nitrogens is 3. The highest BCUT2D eigenvalue weighted by molar-refractivity contribution is 6.13. The SMILES string of the molecule is [C-]#[N+]c1cccc(-c2cccc(-c3cccc(-c4nc(-c5ccc(-c6ccccc6)cc5)nc(-c5ccc6c(c5)oc5cccc(-c7ccccc7)c56)n4)c3)c2)c1. The largest absolute Gasteiger partial charge is 0.456 e. The van der Waals surface area contributed by atoms with E-state index in [4.69, 9.17) is 25.9 Å². The van der Waals surface area contributed by atoms with E-state index in [0.29, 0.717) is 23.2 Å². The van der Waals surface area contributed by atoms with Crippen molar-refractivity contribution in [1.29, 1.82) is 0 Å². The first kappa shape index (κ1) is 33.6. The molecule has 0 spiro atoms. The topological polar surface area (TPSA) is 56.2 Å². The fraction of sp³-hybridized carbons (Fsp3) is 0. The van der Waals surface area contributed by atoms with E-state index >= 15 is 0 Å². The van der Waals surface area contributed by atoms with Crippen LogP contribution in [-0.4, -0.2) is 15.0 Å². The molecule has 0 aliphatic carbocycles. The van der Waals surface area contributed by atoms with Crippen LogP contribution in [0, 0.1) is 6.57 Å². The van der Waals surface area contributed by atoms with Gasteiger partial charge in [0, 0.05) is 27.5 Å². The Morgan fingerprint density at radius 1 is 0.351 bits per heavy atom. The van der Waals surface area contributed by atoms with E-state index in [-0.39, 0.29) is 0 Å². The van der Waals surface area contributed by atoms with Gasteiger partial charge in [-0.2, -0.15) is 0 Å². The minimum Gasteiger partial charge on any atom is -0.456 e. The molecule has 0 N–H and O–H groups in total. The summed E-state index contributed by atoms with van der Waals surface area (Å²) in [6.07, 6.45) is 0. The van der Waals surface area contributed by atoms with Crippen LogP contribution >= 0.6 is 0 Å². The quantitative estimate of drug-likeness (QED) is 0.153. The van der Waals surface area contributed by atoms with Gasteiger partial charge in [-0.05, 0) is 80.9 Å². The van der Waals surface area contributed by atoms with Gasteiger partial charge in [-0.1, -0.05) is 158 Å². The molecule has 0 saturated heterocycles. The number of hydrogen-bond acceptors (Lipinski definition) is 4. The summed E-state index contributed by atoms with van der Waals surface area (Å²) in [4.78, 5) is 18.9. The van der Waals surface area contributed by atoms with E-state index in [1.165, 1.54) is 0 Å². The van der Waals surface area contributed by atoms with Crippen LogP contribution < -0.4 is 0 Å². The zero-order valence-electron chi connectivity index (χ0n) is 30.7. The van der Waals surface area contributed by atoms with Crippen LogP contribution in [-0.2, 0) is 0 Å². The highest BCUT2D eigenvalue weighted by atomic mass is 16.3. The lowest BCUT2D eigenvalue weighted by molar-refractivity contribution is 0.669. The number of benzene rings is 8. The van der Waals surface area contributed by atoms with Gasteiger partial charge in [0.15, 0.2) is 23.2 Å². The summed E-state index contributed by atoms with van der Waals surface area (Å²) in [6, 6.07) is 66.0. The molecular formula is C52H32N4O.